The predicted octanol–water partition coefficient (Wildman–Crippen LogP) is 4.87. The lowest BCUT2D eigenvalue weighted by Gasteiger charge is -2.13. The molecule has 21 heavy (non-hydrogen) atoms. The van der Waals surface area contributed by atoms with E-state index in [-0.39, 0.29) is 12.1 Å². The van der Waals surface area contributed by atoms with E-state index in [9.17, 15) is 4.79 Å². The first-order valence-corrected chi connectivity index (χ1v) is 8.05. The average molecular weight is 313 g/mol. The Balaban J connectivity index is 2.15. The van der Waals surface area contributed by atoms with Gasteiger partial charge in [-0.3, -0.25) is 0 Å². The zero-order valence-corrected chi connectivity index (χ0v) is 13.7. The van der Waals surface area contributed by atoms with E-state index in [0.717, 1.165) is 45.3 Å². The number of halogens is 1. The van der Waals surface area contributed by atoms with Crippen molar-refractivity contribution in [1.82, 2.24) is 0 Å². The topological polar surface area (TPSA) is 35.5 Å². The SMILES string of the molecule is CCOCCCCCCC(C)OC(=O)c1cccc(Cl)c1. The van der Waals surface area contributed by atoms with Crippen molar-refractivity contribution in [2.75, 3.05) is 13.2 Å². The Labute approximate surface area is 132 Å². The first kappa shape index (κ1) is 18.0. The van der Waals surface area contributed by atoms with Gasteiger partial charge in [-0.05, 0) is 51.3 Å². The van der Waals surface area contributed by atoms with E-state index >= 15 is 0 Å². The number of rotatable bonds is 10. The van der Waals surface area contributed by atoms with Crippen LogP contribution < -0.4 is 0 Å². The maximum Gasteiger partial charge on any atom is 0.338 e. The van der Waals surface area contributed by atoms with E-state index in [4.69, 9.17) is 21.1 Å². The number of carbonyl (C=O) groups excluding carboxylic acids is 1. The van der Waals surface area contributed by atoms with Crippen LogP contribution in [0, 0.1) is 0 Å². The fraction of sp³-hybridized carbons (Fsp3) is 0.588. The molecule has 1 rings (SSSR count). The first-order valence-electron chi connectivity index (χ1n) is 7.67. The second-order valence-corrected chi connectivity index (χ2v) is 5.56. The maximum absolute atomic E-state index is 11.9. The van der Waals surface area contributed by atoms with Crippen LogP contribution in [-0.2, 0) is 9.47 Å². The summed E-state index contributed by atoms with van der Waals surface area (Å²) >= 11 is 5.86. The Kier molecular flexibility index (Phi) is 9.11. The smallest absolute Gasteiger partial charge is 0.338 e. The van der Waals surface area contributed by atoms with Crippen LogP contribution >= 0.6 is 11.6 Å². The predicted molar refractivity (Wildman–Crippen MR) is 85.9 cm³/mol. The van der Waals surface area contributed by atoms with Crippen LogP contribution in [0.4, 0.5) is 0 Å². The van der Waals surface area contributed by atoms with Gasteiger partial charge in [0.25, 0.3) is 0 Å². The number of ether oxygens (including phenoxy) is 2. The Morgan fingerprint density at radius 2 is 2.00 bits per heavy atom. The molecular weight excluding hydrogens is 288 g/mol. The van der Waals surface area contributed by atoms with Crippen LogP contribution in [0.3, 0.4) is 0 Å². The van der Waals surface area contributed by atoms with Gasteiger partial charge in [-0.25, -0.2) is 4.79 Å². The van der Waals surface area contributed by atoms with Crippen LogP contribution in [-0.4, -0.2) is 25.3 Å². The Hall–Kier alpha value is -1.06. The molecule has 1 aromatic carbocycles. The van der Waals surface area contributed by atoms with E-state index in [1.807, 2.05) is 13.8 Å². The third-order valence-electron chi connectivity index (χ3n) is 3.22. The van der Waals surface area contributed by atoms with E-state index in [2.05, 4.69) is 0 Å². The summed E-state index contributed by atoms with van der Waals surface area (Å²) in [7, 11) is 0. The minimum Gasteiger partial charge on any atom is -0.459 e. The van der Waals surface area contributed by atoms with Crippen LogP contribution in [0.15, 0.2) is 24.3 Å². The summed E-state index contributed by atoms with van der Waals surface area (Å²) in [6, 6.07) is 6.84. The van der Waals surface area contributed by atoms with Crippen molar-refractivity contribution in [1.29, 1.82) is 0 Å². The van der Waals surface area contributed by atoms with Gasteiger partial charge >= 0.3 is 5.97 Å². The summed E-state index contributed by atoms with van der Waals surface area (Å²) in [5.74, 6) is -0.304. The van der Waals surface area contributed by atoms with Gasteiger partial charge in [0.2, 0.25) is 0 Å². The minimum absolute atomic E-state index is 0.0663. The van der Waals surface area contributed by atoms with Gasteiger partial charge in [0.15, 0.2) is 0 Å². The van der Waals surface area contributed by atoms with Gasteiger partial charge in [0.1, 0.15) is 0 Å². The molecule has 0 radical (unpaired) electrons. The van der Waals surface area contributed by atoms with E-state index in [1.165, 1.54) is 0 Å². The summed E-state index contributed by atoms with van der Waals surface area (Å²) in [5, 5.41) is 0.548. The average Bonchev–Trinajstić information content (AvgIpc) is 2.46. The number of esters is 1. The van der Waals surface area contributed by atoms with Gasteiger partial charge in [-0.15, -0.1) is 0 Å². The molecule has 1 unspecified atom stereocenters. The van der Waals surface area contributed by atoms with Gasteiger partial charge in [0, 0.05) is 18.2 Å². The molecule has 0 saturated heterocycles. The molecule has 0 N–H and O–H groups in total. The third kappa shape index (κ3) is 8.08. The number of unbranched alkanes of at least 4 members (excludes halogenated alkanes) is 3. The largest absolute Gasteiger partial charge is 0.459 e. The molecule has 0 amide bonds. The second kappa shape index (κ2) is 10.6. The molecule has 4 heteroatoms. The lowest BCUT2D eigenvalue weighted by atomic mass is 10.1. The highest BCUT2D eigenvalue weighted by molar-refractivity contribution is 6.30. The zero-order valence-electron chi connectivity index (χ0n) is 12.9. The van der Waals surface area contributed by atoms with Crippen molar-refractivity contribution in [3.63, 3.8) is 0 Å². The molecule has 0 spiro atoms. The summed E-state index contributed by atoms with van der Waals surface area (Å²) < 4.78 is 10.7. The van der Waals surface area contributed by atoms with Crippen LogP contribution in [0.5, 0.6) is 0 Å². The van der Waals surface area contributed by atoms with Crippen LogP contribution in [0.1, 0.15) is 56.3 Å². The Morgan fingerprint density at radius 1 is 1.24 bits per heavy atom. The zero-order chi connectivity index (χ0) is 15.5. The molecule has 0 fully saturated rings. The highest BCUT2D eigenvalue weighted by atomic mass is 35.5. The van der Waals surface area contributed by atoms with Crippen molar-refractivity contribution < 1.29 is 14.3 Å². The molecule has 0 saturated carbocycles. The lowest BCUT2D eigenvalue weighted by Crippen LogP contribution is -2.15. The second-order valence-electron chi connectivity index (χ2n) is 5.13. The molecule has 0 aliphatic carbocycles. The molecule has 0 bridgehead atoms. The molecule has 0 heterocycles. The monoisotopic (exact) mass is 312 g/mol. The molecule has 3 nitrogen and oxygen atoms in total. The highest BCUT2D eigenvalue weighted by Crippen LogP contribution is 2.14. The third-order valence-corrected chi connectivity index (χ3v) is 3.46. The van der Waals surface area contributed by atoms with Gasteiger partial charge in [0.05, 0.1) is 11.7 Å². The summed E-state index contributed by atoms with van der Waals surface area (Å²) in [6.45, 7) is 5.57. The molecule has 1 atom stereocenters. The Morgan fingerprint density at radius 3 is 2.71 bits per heavy atom. The van der Waals surface area contributed by atoms with Gasteiger partial charge in [-0.2, -0.15) is 0 Å². The van der Waals surface area contributed by atoms with E-state index in [1.54, 1.807) is 24.3 Å². The number of carbonyl (C=O) groups is 1. The number of hydrogen-bond acceptors (Lipinski definition) is 3. The summed E-state index contributed by atoms with van der Waals surface area (Å²) in [6.07, 6.45) is 5.30. The Bertz CT molecular complexity index is 420. The van der Waals surface area contributed by atoms with Crippen LogP contribution in [0.25, 0.3) is 0 Å². The quantitative estimate of drug-likeness (QED) is 0.456. The van der Waals surface area contributed by atoms with Crippen molar-refractivity contribution in [2.45, 2.75) is 52.1 Å². The molecule has 118 valence electrons. The fourth-order valence-corrected chi connectivity index (χ4v) is 2.25. The van der Waals surface area contributed by atoms with Gasteiger partial charge in [-0.1, -0.05) is 30.5 Å². The van der Waals surface area contributed by atoms with Crippen LogP contribution in [0.2, 0.25) is 5.02 Å². The normalized spacial score (nSPS) is 12.1. The van der Waals surface area contributed by atoms with E-state index < -0.39 is 0 Å². The number of benzene rings is 1. The lowest BCUT2D eigenvalue weighted by molar-refractivity contribution is 0.0319. The fourth-order valence-electron chi connectivity index (χ4n) is 2.06. The summed E-state index contributed by atoms with van der Waals surface area (Å²) in [5.41, 5.74) is 0.506. The molecular formula is C17H25ClO3. The molecule has 1 aromatic rings. The maximum atomic E-state index is 11.9. The first-order chi connectivity index (χ1) is 10.1. The number of hydrogen-bond donors (Lipinski definition) is 0. The minimum atomic E-state index is -0.304. The van der Waals surface area contributed by atoms with Crippen molar-refractivity contribution in [2.24, 2.45) is 0 Å². The van der Waals surface area contributed by atoms with Crippen molar-refractivity contribution >= 4 is 17.6 Å². The van der Waals surface area contributed by atoms with E-state index in [0.29, 0.717) is 10.6 Å². The summed E-state index contributed by atoms with van der Waals surface area (Å²) in [4.78, 5) is 11.9. The van der Waals surface area contributed by atoms with Gasteiger partial charge < -0.3 is 9.47 Å². The molecule has 0 aliphatic rings. The highest BCUT2D eigenvalue weighted by Gasteiger charge is 2.11. The molecule has 0 aliphatic heterocycles. The standard InChI is InChI=1S/C17H25ClO3/c1-3-20-12-7-5-4-6-9-14(2)21-17(19)15-10-8-11-16(18)13-15/h8,10-11,13-14H,3-7,9,12H2,1-2H3. The van der Waals surface area contributed by atoms with Crippen molar-refractivity contribution in [3.05, 3.63) is 34.9 Å². The molecule has 0 aromatic heterocycles. The van der Waals surface area contributed by atoms with Crippen molar-refractivity contribution in [3.8, 4) is 0 Å².